The molecular formula is C13H17IO7. The fourth-order valence-corrected chi connectivity index (χ4v) is 3.01. The van der Waals surface area contributed by atoms with Crippen molar-refractivity contribution in [1.29, 1.82) is 0 Å². The largest absolute Gasteiger partial charge is 0.454 e. The second-order valence-electron chi connectivity index (χ2n) is 6.48. The molecule has 0 spiro atoms. The first-order chi connectivity index (χ1) is 9.58. The molecule has 3 aliphatic heterocycles. The van der Waals surface area contributed by atoms with Crippen molar-refractivity contribution in [2.24, 2.45) is 5.41 Å². The third-order valence-electron chi connectivity index (χ3n) is 3.51. The van der Waals surface area contributed by atoms with E-state index in [4.69, 9.17) is 23.7 Å². The molecule has 3 aliphatic rings. The first-order valence-electron chi connectivity index (χ1n) is 6.70. The Morgan fingerprint density at radius 1 is 1.24 bits per heavy atom. The molecule has 3 heterocycles. The zero-order valence-corrected chi connectivity index (χ0v) is 14.3. The molecule has 118 valence electrons. The van der Waals surface area contributed by atoms with Crippen molar-refractivity contribution in [3.8, 4) is 0 Å². The number of ether oxygens (including phenoxy) is 5. The lowest BCUT2D eigenvalue weighted by Crippen LogP contribution is -2.39. The van der Waals surface area contributed by atoms with Gasteiger partial charge in [0.2, 0.25) is 9.90 Å². The fraction of sp³-hybridized carbons (Fsp3) is 0.846. The summed E-state index contributed by atoms with van der Waals surface area (Å²) >= 11 is 2.00. The number of alkyl halides is 1. The minimum absolute atomic E-state index is 0.480. The molecule has 0 N–H and O–H groups in total. The Balaban J connectivity index is 1.73. The van der Waals surface area contributed by atoms with Gasteiger partial charge in [-0.05, 0) is 50.3 Å². The summed E-state index contributed by atoms with van der Waals surface area (Å²) in [6, 6.07) is 0. The molecule has 0 amide bonds. The van der Waals surface area contributed by atoms with Gasteiger partial charge in [0.25, 0.3) is 0 Å². The van der Waals surface area contributed by atoms with Crippen LogP contribution in [0.3, 0.4) is 0 Å². The minimum Gasteiger partial charge on any atom is -0.454 e. The van der Waals surface area contributed by atoms with Gasteiger partial charge in [0.05, 0.1) is 5.41 Å². The topological polar surface area (TPSA) is 80.3 Å². The predicted octanol–water partition coefficient (Wildman–Crippen LogP) is 1.12. The third-order valence-corrected chi connectivity index (χ3v) is 4.02. The average molecular weight is 412 g/mol. The predicted molar refractivity (Wildman–Crippen MR) is 76.3 cm³/mol. The summed E-state index contributed by atoms with van der Waals surface area (Å²) < 4.78 is 26.6. The van der Waals surface area contributed by atoms with E-state index in [0.717, 1.165) is 0 Å². The second-order valence-corrected chi connectivity index (χ2v) is 8.44. The maximum atomic E-state index is 12.0. The van der Waals surface area contributed by atoms with Crippen LogP contribution in [0, 0.1) is 5.41 Å². The van der Waals surface area contributed by atoms with E-state index in [1.807, 2.05) is 22.6 Å². The van der Waals surface area contributed by atoms with E-state index in [9.17, 15) is 9.59 Å². The van der Waals surface area contributed by atoms with Crippen molar-refractivity contribution in [2.45, 2.75) is 62.2 Å². The van der Waals surface area contributed by atoms with Crippen LogP contribution in [0.1, 0.15) is 27.7 Å². The highest BCUT2D eigenvalue weighted by atomic mass is 127. The maximum absolute atomic E-state index is 12.0. The standard InChI is InChI=1S/C13H17IO7/c1-12(2,3)11(16)19-7-5-6(17-9(7)15)8-10(18-5)21-13(4,14)20-8/h5-8,10H,1-4H3. The number of fused-ring (bicyclic) bond motifs is 3. The molecule has 0 aromatic rings. The van der Waals surface area contributed by atoms with Crippen molar-refractivity contribution in [2.75, 3.05) is 0 Å². The zero-order chi connectivity index (χ0) is 15.6. The SMILES string of the molecule is CC1(I)OC2OC3C(OC(=O)C(C)(C)C)C(=O)OC3C2O1. The molecule has 3 rings (SSSR count). The minimum atomic E-state index is -1.07. The van der Waals surface area contributed by atoms with E-state index in [0.29, 0.717) is 0 Å². The van der Waals surface area contributed by atoms with E-state index in [1.165, 1.54) is 0 Å². The summed E-state index contributed by atoms with van der Waals surface area (Å²) in [6.45, 7) is 6.89. The highest BCUT2D eigenvalue weighted by Crippen LogP contribution is 2.45. The zero-order valence-electron chi connectivity index (χ0n) is 12.1. The van der Waals surface area contributed by atoms with Gasteiger partial charge in [-0.1, -0.05) is 0 Å². The van der Waals surface area contributed by atoms with Crippen LogP contribution in [0.2, 0.25) is 0 Å². The molecule has 7 nitrogen and oxygen atoms in total. The van der Waals surface area contributed by atoms with Gasteiger partial charge in [-0.3, -0.25) is 4.79 Å². The molecule has 3 fully saturated rings. The molecule has 0 radical (unpaired) electrons. The summed E-state index contributed by atoms with van der Waals surface area (Å²) in [7, 11) is 0. The smallest absolute Gasteiger partial charge is 0.350 e. The van der Waals surface area contributed by atoms with Crippen LogP contribution >= 0.6 is 22.6 Å². The normalized spacial score (nSPS) is 45.2. The van der Waals surface area contributed by atoms with Crippen LogP contribution in [0.25, 0.3) is 0 Å². The third kappa shape index (κ3) is 2.66. The van der Waals surface area contributed by atoms with Gasteiger partial charge >= 0.3 is 11.9 Å². The number of hydrogen-bond acceptors (Lipinski definition) is 7. The van der Waals surface area contributed by atoms with Crippen LogP contribution in [-0.4, -0.2) is 46.4 Å². The van der Waals surface area contributed by atoms with Gasteiger partial charge in [0, 0.05) is 0 Å². The monoisotopic (exact) mass is 412 g/mol. The number of carbonyl (C=O) groups excluding carboxylic acids is 2. The Bertz CT molecular complexity index is 483. The van der Waals surface area contributed by atoms with E-state index < -0.39 is 51.9 Å². The number of esters is 2. The first kappa shape index (κ1) is 15.4. The fourth-order valence-electron chi connectivity index (χ4n) is 2.47. The lowest BCUT2D eigenvalue weighted by atomic mass is 9.97. The van der Waals surface area contributed by atoms with E-state index in [1.54, 1.807) is 27.7 Å². The van der Waals surface area contributed by atoms with Crippen molar-refractivity contribution in [3.63, 3.8) is 0 Å². The van der Waals surface area contributed by atoms with Gasteiger partial charge < -0.3 is 23.7 Å². The van der Waals surface area contributed by atoms with Gasteiger partial charge in [0.1, 0.15) is 6.10 Å². The Labute approximate surface area is 135 Å². The summed E-state index contributed by atoms with van der Waals surface area (Å²) in [4.78, 5) is 23.9. The lowest BCUT2D eigenvalue weighted by Gasteiger charge is -2.22. The van der Waals surface area contributed by atoms with Crippen LogP contribution < -0.4 is 0 Å². The number of carbonyl (C=O) groups is 2. The molecule has 3 saturated heterocycles. The van der Waals surface area contributed by atoms with E-state index >= 15 is 0 Å². The molecule has 0 saturated carbocycles. The van der Waals surface area contributed by atoms with Crippen molar-refractivity contribution < 1.29 is 33.3 Å². The van der Waals surface area contributed by atoms with E-state index in [-0.39, 0.29) is 0 Å². The number of hydrogen-bond donors (Lipinski definition) is 0. The molecule has 0 bridgehead atoms. The summed E-state index contributed by atoms with van der Waals surface area (Å²) in [6.07, 6.45) is -3.49. The van der Waals surface area contributed by atoms with E-state index in [2.05, 4.69) is 0 Å². The molecular weight excluding hydrogens is 395 g/mol. The number of halogens is 1. The molecule has 8 heteroatoms. The van der Waals surface area contributed by atoms with Crippen molar-refractivity contribution in [3.05, 3.63) is 0 Å². The Morgan fingerprint density at radius 2 is 1.90 bits per heavy atom. The Hall–Kier alpha value is -0.450. The van der Waals surface area contributed by atoms with Gasteiger partial charge in [-0.2, -0.15) is 0 Å². The molecule has 0 aromatic carbocycles. The van der Waals surface area contributed by atoms with Gasteiger partial charge in [-0.25, -0.2) is 4.79 Å². The van der Waals surface area contributed by atoms with Crippen molar-refractivity contribution in [1.82, 2.24) is 0 Å². The number of rotatable bonds is 1. The highest BCUT2D eigenvalue weighted by Gasteiger charge is 2.64. The van der Waals surface area contributed by atoms with Crippen LogP contribution in [-0.2, 0) is 33.3 Å². The Morgan fingerprint density at radius 3 is 2.52 bits per heavy atom. The highest BCUT2D eigenvalue weighted by molar-refractivity contribution is 14.1. The summed E-state index contributed by atoms with van der Waals surface area (Å²) in [5.41, 5.74) is -0.708. The molecule has 0 aliphatic carbocycles. The van der Waals surface area contributed by atoms with Crippen LogP contribution in [0.15, 0.2) is 0 Å². The molecule has 6 atom stereocenters. The van der Waals surface area contributed by atoms with Crippen LogP contribution in [0.4, 0.5) is 0 Å². The summed E-state index contributed by atoms with van der Waals surface area (Å²) in [5.74, 6) is -1.09. The van der Waals surface area contributed by atoms with Gasteiger partial charge in [0.15, 0.2) is 18.5 Å². The van der Waals surface area contributed by atoms with Crippen LogP contribution in [0.5, 0.6) is 0 Å². The molecule has 6 unspecified atom stereocenters. The maximum Gasteiger partial charge on any atom is 0.350 e. The lowest BCUT2D eigenvalue weighted by molar-refractivity contribution is -0.187. The molecule has 0 aromatic heterocycles. The first-order valence-corrected chi connectivity index (χ1v) is 7.78. The van der Waals surface area contributed by atoms with Gasteiger partial charge in [-0.15, -0.1) is 0 Å². The second kappa shape index (κ2) is 4.77. The van der Waals surface area contributed by atoms with Crippen molar-refractivity contribution >= 4 is 34.5 Å². The quantitative estimate of drug-likeness (QED) is 0.363. The summed E-state index contributed by atoms with van der Waals surface area (Å²) in [5, 5.41) is 0. The Kier molecular flexibility index (Phi) is 3.51. The average Bonchev–Trinajstić information content (AvgIpc) is 2.87. The molecule has 21 heavy (non-hydrogen) atoms.